The van der Waals surface area contributed by atoms with Gasteiger partial charge in [0.05, 0.1) is 0 Å². The van der Waals surface area contributed by atoms with Crippen molar-refractivity contribution < 1.29 is 0 Å². The predicted molar refractivity (Wildman–Crippen MR) is 61.6 cm³/mol. The van der Waals surface area contributed by atoms with E-state index in [4.69, 9.17) is 0 Å². The Morgan fingerprint density at radius 3 is 2.93 bits per heavy atom. The van der Waals surface area contributed by atoms with Crippen molar-refractivity contribution in [3.05, 3.63) is 18.5 Å². The maximum absolute atomic E-state index is 4.20. The summed E-state index contributed by atoms with van der Waals surface area (Å²) >= 11 is 0. The number of aromatic nitrogens is 2. The number of rotatable bonds is 5. The van der Waals surface area contributed by atoms with Gasteiger partial charge in [0, 0.05) is 31.0 Å². The lowest BCUT2D eigenvalue weighted by Gasteiger charge is -2.35. The lowest BCUT2D eigenvalue weighted by Crippen LogP contribution is -2.44. The van der Waals surface area contributed by atoms with Crippen LogP contribution >= 0.6 is 0 Å². The fraction of sp³-hybridized carbons (Fsp3) is 0.750. The van der Waals surface area contributed by atoms with Crippen molar-refractivity contribution in [3.8, 4) is 0 Å². The Hall–Kier alpha value is -0.830. The molecule has 0 aromatic carbocycles. The molecule has 1 saturated carbocycles. The van der Waals surface area contributed by atoms with E-state index >= 15 is 0 Å². The van der Waals surface area contributed by atoms with Gasteiger partial charge in [-0.1, -0.05) is 6.92 Å². The zero-order chi connectivity index (χ0) is 10.7. The zero-order valence-electron chi connectivity index (χ0n) is 9.69. The third-order valence-corrected chi connectivity index (χ3v) is 3.24. The van der Waals surface area contributed by atoms with E-state index in [1.54, 1.807) is 0 Å². The van der Waals surface area contributed by atoms with Crippen LogP contribution in [0.2, 0.25) is 0 Å². The molecule has 15 heavy (non-hydrogen) atoms. The Balaban J connectivity index is 1.62. The fourth-order valence-corrected chi connectivity index (χ4v) is 2.28. The largest absolute Gasteiger partial charge is 0.311 e. The van der Waals surface area contributed by atoms with Gasteiger partial charge < -0.3 is 5.32 Å². The van der Waals surface area contributed by atoms with Gasteiger partial charge in [0.25, 0.3) is 0 Å². The summed E-state index contributed by atoms with van der Waals surface area (Å²) < 4.78 is 2.00. The number of aryl methyl sites for hydroxylation is 1. The normalized spacial score (nSPS) is 27.3. The van der Waals surface area contributed by atoms with Crippen molar-refractivity contribution in [3.63, 3.8) is 0 Å². The van der Waals surface area contributed by atoms with Crippen LogP contribution in [-0.4, -0.2) is 21.9 Å². The van der Waals surface area contributed by atoms with E-state index < -0.39 is 0 Å². The minimum Gasteiger partial charge on any atom is -0.311 e. The third-order valence-electron chi connectivity index (χ3n) is 3.24. The van der Waals surface area contributed by atoms with Gasteiger partial charge in [-0.05, 0) is 38.2 Å². The van der Waals surface area contributed by atoms with Crippen molar-refractivity contribution in [1.29, 1.82) is 0 Å². The lowest BCUT2D eigenvalue weighted by molar-refractivity contribution is 0.220. The van der Waals surface area contributed by atoms with E-state index in [2.05, 4.69) is 24.3 Å². The molecule has 0 aliphatic heterocycles. The van der Waals surface area contributed by atoms with Crippen LogP contribution < -0.4 is 5.32 Å². The summed E-state index contributed by atoms with van der Waals surface area (Å²) in [5.41, 5.74) is 0. The van der Waals surface area contributed by atoms with Crippen LogP contribution in [0.15, 0.2) is 18.5 Å². The second-order valence-electron chi connectivity index (χ2n) is 4.90. The summed E-state index contributed by atoms with van der Waals surface area (Å²) in [6.45, 7) is 5.61. The van der Waals surface area contributed by atoms with Crippen LogP contribution in [0.3, 0.4) is 0 Å². The van der Waals surface area contributed by atoms with E-state index in [1.807, 2.05) is 23.1 Å². The van der Waals surface area contributed by atoms with Crippen molar-refractivity contribution in [2.24, 2.45) is 5.92 Å². The molecule has 3 nitrogen and oxygen atoms in total. The SMILES string of the molecule is CC1CC(NC(C)CCn2cccn2)C1. The molecule has 0 radical (unpaired) electrons. The Morgan fingerprint density at radius 2 is 2.33 bits per heavy atom. The molecule has 1 aromatic rings. The molecule has 0 amide bonds. The highest BCUT2D eigenvalue weighted by atomic mass is 15.3. The van der Waals surface area contributed by atoms with Crippen LogP contribution in [0, 0.1) is 5.92 Å². The predicted octanol–water partition coefficient (Wildman–Crippen LogP) is 2.05. The highest BCUT2D eigenvalue weighted by Gasteiger charge is 2.25. The molecule has 1 unspecified atom stereocenters. The van der Waals surface area contributed by atoms with E-state index in [1.165, 1.54) is 12.8 Å². The molecule has 1 aliphatic carbocycles. The molecule has 1 aliphatic rings. The summed E-state index contributed by atoms with van der Waals surface area (Å²) in [7, 11) is 0. The second-order valence-corrected chi connectivity index (χ2v) is 4.90. The molecular formula is C12H21N3. The molecule has 0 saturated heterocycles. The van der Waals surface area contributed by atoms with E-state index in [0.717, 1.165) is 24.9 Å². The number of hydrogen-bond acceptors (Lipinski definition) is 2. The first-order valence-electron chi connectivity index (χ1n) is 5.97. The first-order chi connectivity index (χ1) is 7.24. The first kappa shape index (κ1) is 10.7. The Morgan fingerprint density at radius 1 is 1.53 bits per heavy atom. The van der Waals surface area contributed by atoms with Crippen LogP contribution in [0.25, 0.3) is 0 Å². The molecule has 3 heteroatoms. The van der Waals surface area contributed by atoms with Gasteiger partial charge in [-0.2, -0.15) is 5.10 Å². The maximum atomic E-state index is 4.20. The Labute approximate surface area is 91.9 Å². The van der Waals surface area contributed by atoms with Gasteiger partial charge >= 0.3 is 0 Å². The van der Waals surface area contributed by atoms with Crippen molar-refractivity contribution in [1.82, 2.24) is 15.1 Å². The minimum absolute atomic E-state index is 0.603. The Kier molecular flexibility index (Phi) is 3.41. The number of nitrogens with one attached hydrogen (secondary N) is 1. The van der Waals surface area contributed by atoms with E-state index in [0.29, 0.717) is 6.04 Å². The highest BCUT2D eigenvalue weighted by Crippen LogP contribution is 2.26. The van der Waals surface area contributed by atoms with Crippen molar-refractivity contribution >= 4 is 0 Å². The minimum atomic E-state index is 0.603. The maximum Gasteiger partial charge on any atom is 0.0489 e. The fourth-order valence-electron chi connectivity index (χ4n) is 2.28. The monoisotopic (exact) mass is 207 g/mol. The van der Waals surface area contributed by atoms with Crippen LogP contribution in [0.4, 0.5) is 0 Å². The lowest BCUT2D eigenvalue weighted by atomic mass is 9.81. The quantitative estimate of drug-likeness (QED) is 0.801. The van der Waals surface area contributed by atoms with Gasteiger partial charge in [0.1, 0.15) is 0 Å². The topological polar surface area (TPSA) is 29.9 Å². The molecule has 2 rings (SSSR count). The Bertz CT molecular complexity index is 275. The molecule has 84 valence electrons. The number of nitrogens with zero attached hydrogens (tertiary/aromatic N) is 2. The molecule has 1 N–H and O–H groups in total. The van der Waals surface area contributed by atoms with E-state index in [-0.39, 0.29) is 0 Å². The average Bonchev–Trinajstić information content (AvgIpc) is 2.65. The van der Waals surface area contributed by atoms with Gasteiger partial charge in [0.2, 0.25) is 0 Å². The molecule has 0 spiro atoms. The second kappa shape index (κ2) is 4.79. The molecule has 0 bridgehead atoms. The van der Waals surface area contributed by atoms with Crippen LogP contribution in [0.1, 0.15) is 33.1 Å². The van der Waals surface area contributed by atoms with E-state index in [9.17, 15) is 0 Å². The molecule has 1 atom stereocenters. The van der Waals surface area contributed by atoms with Crippen molar-refractivity contribution in [2.45, 2.75) is 51.7 Å². The van der Waals surface area contributed by atoms with Gasteiger partial charge in [-0.3, -0.25) is 4.68 Å². The van der Waals surface area contributed by atoms with Crippen LogP contribution in [-0.2, 0) is 6.54 Å². The first-order valence-corrected chi connectivity index (χ1v) is 5.97. The summed E-state index contributed by atoms with van der Waals surface area (Å²) in [6, 6.07) is 3.35. The zero-order valence-corrected chi connectivity index (χ0v) is 9.69. The average molecular weight is 207 g/mol. The van der Waals surface area contributed by atoms with Gasteiger partial charge in [-0.15, -0.1) is 0 Å². The third kappa shape index (κ3) is 3.06. The molecule has 1 fully saturated rings. The standard InChI is InChI=1S/C12H21N3/c1-10-8-12(9-10)14-11(2)4-7-15-6-3-5-13-15/h3,5-6,10-12,14H,4,7-9H2,1-2H3. The summed E-state index contributed by atoms with van der Waals surface area (Å²) in [5.74, 6) is 0.931. The highest BCUT2D eigenvalue weighted by molar-refractivity contribution is 4.84. The van der Waals surface area contributed by atoms with Gasteiger partial charge in [-0.25, -0.2) is 0 Å². The molecular weight excluding hydrogens is 186 g/mol. The number of hydrogen-bond donors (Lipinski definition) is 1. The van der Waals surface area contributed by atoms with Crippen molar-refractivity contribution in [2.75, 3.05) is 0 Å². The summed E-state index contributed by atoms with van der Waals surface area (Å²) in [4.78, 5) is 0. The van der Waals surface area contributed by atoms with Gasteiger partial charge in [0.15, 0.2) is 0 Å². The van der Waals surface area contributed by atoms with Crippen LogP contribution in [0.5, 0.6) is 0 Å². The molecule has 1 aromatic heterocycles. The summed E-state index contributed by atoms with van der Waals surface area (Å²) in [5, 5.41) is 7.87. The summed E-state index contributed by atoms with van der Waals surface area (Å²) in [6.07, 6.45) is 7.73. The smallest absolute Gasteiger partial charge is 0.0489 e. The molecule has 1 heterocycles.